The zero-order chi connectivity index (χ0) is 19.5. The van der Waals surface area contributed by atoms with Gasteiger partial charge in [-0.05, 0) is 29.7 Å². The second-order valence-electron chi connectivity index (χ2n) is 5.56. The summed E-state index contributed by atoms with van der Waals surface area (Å²) in [6.07, 6.45) is -3.12. The molecule has 3 N–H and O–H groups in total. The maximum absolute atomic E-state index is 12.9. The van der Waals surface area contributed by atoms with E-state index in [0.29, 0.717) is 18.5 Å². The monoisotopic (exact) mass is 369 g/mol. The smallest absolute Gasteiger partial charge is 0.416 e. The number of rotatable bonds is 5. The normalized spacial score (nSPS) is 15.5. The first-order valence-electron chi connectivity index (χ1n) is 7.58. The number of alkyl halides is 3. The third kappa shape index (κ3) is 3.98. The van der Waals surface area contributed by atoms with Crippen LogP contribution < -0.4 is 5.73 Å². The summed E-state index contributed by atoms with van der Waals surface area (Å²) in [5.74, 6) is -1.46. The molecule has 2 rings (SSSR count). The number of nitrogens with two attached hydrogens (primary N) is 1. The largest absolute Gasteiger partial charge is 0.492 e. The van der Waals surface area contributed by atoms with Crippen LogP contribution in [0.15, 0.2) is 46.9 Å². The quantitative estimate of drug-likeness (QED) is 0.274. The van der Waals surface area contributed by atoms with Crippen LogP contribution in [0.2, 0.25) is 0 Å². The van der Waals surface area contributed by atoms with Crippen molar-refractivity contribution >= 4 is 12.3 Å². The van der Waals surface area contributed by atoms with Gasteiger partial charge in [0.15, 0.2) is 11.5 Å². The summed E-state index contributed by atoms with van der Waals surface area (Å²) in [5, 5.41) is 9.25. The number of carbonyl (C=O) groups is 1. The molecule has 9 heteroatoms. The van der Waals surface area contributed by atoms with Gasteiger partial charge in [0.05, 0.1) is 24.7 Å². The van der Waals surface area contributed by atoms with Crippen LogP contribution in [0.4, 0.5) is 13.2 Å². The first kappa shape index (κ1) is 19.4. The molecular formula is C17H18F3N3O3. The highest BCUT2D eigenvalue weighted by molar-refractivity contribution is 5.89. The number of carboxylic acids is 1. The molecule has 0 bridgehead atoms. The van der Waals surface area contributed by atoms with Crippen LogP contribution in [-0.2, 0) is 28.7 Å². The highest BCUT2D eigenvalue weighted by Gasteiger charge is 2.32. The van der Waals surface area contributed by atoms with Crippen molar-refractivity contribution < 1.29 is 27.8 Å². The van der Waals surface area contributed by atoms with Gasteiger partial charge < -0.3 is 20.5 Å². The van der Waals surface area contributed by atoms with Crippen LogP contribution in [-0.4, -0.2) is 36.0 Å². The molecule has 140 valence electrons. The van der Waals surface area contributed by atoms with Gasteiger partial charge in [-0.2, -0.15) is 13.2 Å². The van der Waals surface area contributed by atoms with Gasteiger partial charge in [-0.1, -0.05) is 12.6 Å². The molecule has 6 nitrogen and oxygen atoms in total. The Bertz CT molecular complexity index is 785. The second kappa shape index (κ2) is 7.51. The van der Waals surface area contributed by atoms with E-state index in [1.165, 1.54) is 13.2 Å². The number of fused-ring (bicyclic) bond motifs is 1. The minimum Gasteiger partial charge on any atom is -0.492 e. The molecule has 0 fully saturated rings. The molecule has 0 aromatic heterocycles. The lowest BCUT2D eigenvalue weighted by atomic mass is 9.96. The highest BCUT2D eigenvalue weighted by Crippen LogP contribution is 2.33. The lowest BCUT2D eigenvalue weighted by Crippen LogP contribution is -2.31. The molecule has 1 aromatic carbocycles. The summed E-state index contributed by atoms with van der Waals surface area (Å²) in [7, 11) is 1.26. The lowest BCUT2D eigenvalue weighted by molar-refractivity contribution is -0.137. The number of halogens is 3. The zero-order valence-corrected chi connectivity index (χ0v) is 14.0. The number of ether oxygens (including phenoxy) is 1. The van der Waals surface area contributed by atoms with Crippen LogP contribution in [0.3, 0.4) is 0 Å². The van der Waals surface area contributed by atoms with E-state index in [4.69, 9.17) is 10.5 Å². The van der Waals surface area contributed by atoms with Gasteiger partial charge in [0, 0.05) is 13.1 Å². The molecule has 0 unspecified atom stereocenters. The fraction of sp³-hybridized carbons (Fsp3) is 0.294. The molecule has 0 aliphatic carbocycles. The summed E-state index contributed by atoms with van der Waals surface area (Å²) in [6, 6.07) is 3.62. The Morgan fingerprint density at radius 3 is 2.65 bits per heavy atom. The summed E-state index contributed by atoms with van der Waals surface area (Å²) in [5.41, 5.74) is 5.52. The summed E-state index contributed by atoms with van der Waals surface area (Å²) >= 11 is 0. The van der Waals surface area contributed by atoms with Crippen molar-refractivity contribution in [1.82, 2.24) is 4.90 Å². The molecular weight excluding hydrogens is 351 g/mol. The molecule has 1 aromatic rings. The zero-order valence-electron chi connectivity index (χ0n) is 14.0. The summed E-state index contributed by atoms with van der Waals surface area (Å²) < 4.78 is 43.9. The number of nitrogens with zero attached hydrogens (tertiary/aromatic N) is 2. The van der Waals surface area contributed by atoms with E-state index in [0.717, 1.165) is 24.0 Å². The number of aliphatic imine (C=N–C) groups is 1. The van der Waals surface area contributed by atoms with Gasteiger partial charge in [-0.15, -0.1) is 0 Å². The van der Waals surface area contributed by atoms with Crippen LogP contribution in [0.5, 0.6) is 0 Å². The van der Waals surface area contributed by atoms with E-state index in [-0.39, 0.29) is 18.0 Å². The molecule has 1 heterocycles. The van der Waals surface area contributed by atoms with E-state index in [9.17, 15) is 23.1 Å². The maximum atomic E-state index is 12.9. The number of methoxy groups -OCH3 is 1. The van der Waals surface area contributed by atoms with Gasteiger partial charge >= 0.3 is 12.1 Å². The number of carboxylic acid groups (broad SMARTS) is 1. The van der Waals surface area contributed by atoms with Gasteiger partial charge in [0.1, 0.15) is 0 Å². The predicted octanol–water partition coefficient (Wildman–Crippen LogP) is 2.51. The van der Waals surface area contributed by atoms with Crippen molar-refractivity contribution in [3.05, 3.63) is 58.6 Å². The average molecular weight is 369 g/mol. The van der Waals surface area contributed by atoms with Crippen LogP contribution >= 0.6 is 0 Å². The Balaban J connectivity index is 2.35. The summed E-state index contributed by atoms with van der Waals surface area (Å²) in [6.45, 7) is 4.41. The molecule has 0 saturated heterocycles. The molecule has 26 heavy (non-hydrogen) atoms. The van der Waals surface area contributed by atoms with Crippen LogP contribution in [0.25, 0.3) is 0 Å². The van der Waals surface area contributed by atoms with Crippen molar-refractivity contribution in [2.45, 2.75) is 19.1 Å². The molecule has 0 atom stereocenters. The second-order valence-corrected chi connectivity index (χ2v) is 5.56. The summed E-state index contributed by atoms with van der Waals surface area (Å²) in [4.78, 5) is 16.6. The molecule has 0 saturated carbocycles. The fourth-order valence-electron chi connectivity index (χ4n) is 2.74. The Kier molecular flexibility index (Phi) is 5.59. The first-order valence-corrected chi connectivity index (χ1v) is 7.58. The van der Waals surface area contributed by atoms with E-state index in [1.807, 2.05) is 0 Å². The van der Waals surface area contributed by atoms with E-state index in [1.54, 1.807) is 4.90 Å². The predicted molar refractivity (Wildman–Crippen MR) is 89.0 cm³/mol. The fourth-order valence-corrected chi connectivity index (χ4v) is 2.74. The third-order valence-corrected chi connectivity index (χ3v) is 4.02. The van der Waals surface area contributed by atoms with Crippen LogP contribution in [0, 0.1) is 0 Å². The van der Waals surface area contributed by atoms with Gasteiger partial charge in [-0.3, -0.25) is 0 Å². The van der Waals surface area contributed by atoms with Crippen molar-refractivity contribution in [1.29, 1.82) is 0 Å². The number of benzene rings is 1. The topological polar surface area (TPSA) is 88.2 Å². The van der Waals surface area contributed by atoms with Crippen LogP contribution in [0.1, 0.15) is 16.7 Å². The van der Waals surface area contributed by atoms with E-state index >= 15 is 0 Å². The number of hydrogen-bond donors (Lipinski definition) is 2. The van der Waals surface area contributed by atoms with Gasteiger partial charge in [-0.25, -0.2) is 9.79 Å². The third-order valence-electron chi connectivity index (χ3n) is 4.02. The molecule has 0 spiro atoms. The average Bonchev–Trinajstić information content (AvgIpc) is 2.59. The van der Waals surface area contributed by atoms with Crippen molar-refractivity contribution in [2.24, 2.45) is 10.7 Å². The van der Waals surface area contributed by atoms with Crippen molar-refractivity contribution in [3.63, 3.8) is 0 Å². The molecule has 0 radical (unpaired) electrons. The standard InChI is InChI=1S/C17H18F3N3O3/c1-10(15(26-2)14(16(24)25)22-9-21)23-6-5-11-3-4-13(17(18,19)20)7-12(11)8-23/h3-4,7,9H,1,5-6,8H2,2H3,(H2,21,22)(H,24,25)/b15-14+. The highest BCUT2D eigenvalue weighted by atomic mass is 19.4. The maximum Gasteiger partial charge on any atom is 0.416 e. The SMILES string of the molecule is C=C(/C(OC)=C(\N=CN)C(=O)O)N1CCc2ccc(C(F)(F)F)cc2C1. The molecule has 1 aliphatic heterocycles. The van der Waals surface area contributed by atoms with Gasteiger partial charge in [0.2, 0.25) is 0 Å². The van der Waals surface area contributed by atoms with E-state index in [2.05, 4.69) is 11.6 Å². The number of aliphatic carboxylic acids is 1. The minimum atomic E-state index is -4.43. The first-order chi connectivity index (χ1) is 12.2. The molecule has 1 aliphatic rings. The lowest BCUT2D eigenvalue weighted by Gasteiger charge is -2.33. The number of hydrogen-bond acceptors (Lipinski definition) is 4. The van der Waals surface area contributed by atoms with E-state index < -0.39 is 23.4 Å². The Hall–Kier alpha value is -2.97. The van der Waals surface area contributed by atoms with Gasteiger partial charge in [0.25, 0.3) is 0 Å². The molecule has 0 amide bonds. The minimum absolute atomic E-state index is 0.102. The Labute approximate surface area is 148 Å². The van der Waals surface area contributed by atoms with Crippen molar-refractivity contribution in [3.8, 4) is 0 Å². The Morgan fingerprint density at radius 1 is 1.42 bits per heavy atom. The Morgan fingerprint density at radius 2 is 2.12 bits per heavy atom. The van der Waals surface area contributed by atoms with Crippen molar-refractivity contribution in [2.75, 3.05) is 13.7 Å².